The number of rotatable bonds is 9. The third kappa shape index (κ3) is 5.99. The summed E-state index contributed by atoms with van der Waals surface area (Å²) in [5.74, 6) is 0.319. The lowest BCUT2D eigenvalue weighted by Crippen LogP contribution is -2.36. The first-order valence-corrected chi connectivity index (χ1v) is 11.3. The van der Waals surface area contributed by atoms with Gasteiger partial charge in [-0.15, -0.1) is 16.8 Å². The van der Waals surface area contributed by atoms with Crippen LogP contribution in [0.25, 0.3) is 11.4 Å². The van der Waals surface area contributed by atoms with Gasteiger partial charge in [-0.2, -0.15) is 0 Å². The van der Waals surface area contributed by atoms with Crippen LogP contribution in [0.4, 0.5) is 5.69 Å². The van der Waals surface area contributed by atoms with Crippen LogP contribution in [-0.2, 0) is 16.1 Å². The van der Waals surface area contributed by atoms with Crippen molar-refractivity contribution in [3.05, 3.63) is 71.8 Å². The zero-order chi connectivity index (χ0) is 23.1. The Balaban J connectivity index is 1.62. The van der Waals surface area contributed by atoms with Gasteiger partial charge in [-0.25, -0.2) is 0 Å². The molecule has 0 aliphatic carbocycles. The minimum absolute atomic E-state index is 0.0848. The van der Waals surface area contributed by atoms with Gasteiger partial charge in [0.25, 0.3) is 0 Å². The molecule has 1 heterocycles. The van der Waals surface area contributed by atoms with E-state index in [4.69, 9.17) is 11.6 Å². The topological polar surface area (TPSA) is 80.1 Å². The number of hydrogen-bond donors (Lipinski definition) is 1. The first kappa shape index (κ1) is 23.6. The number of anilines is 1. The fourth-order valence-corrected chi connectivity index (χ4v) is 4.05. The van der Waals surface area contributed by atoms with Crippen LogP contribution >= 0.6 is 23.4 Å². The van der Waals surface area contributed by atoms with E-state index in [1.54, 1.807) is 37.4 Å². The number of nitrogens with one attached hydrogen (secondary N) is 1. The smallest absolute Gasteiger partial charge is 0.244 e. The standard InChI is InChI=1S/C23H24ClN5O2S/c1-4-12-29-22(17-9-7-8-16(2)13-17)26-27-23(29)32-15-21(31)28(3)14-20(30)25-19-11-6-5-10-18(19)24/h4-11,13H,1,12,14-15H2,2-3H3,(H,25,30). The van der Waals surface area contributed by atoms with Gasteiger partial charge < -0.3 is 10.2 Å². The number of amides is 2. The predicted octanol–water partition coefficient (Wildman–Crippen LogP) is 4.28. The highest BCUT2D eigenvalue weighted by atomic mass is 35.5. The van der Waals surface area contributed by atoms with Crippen LogP contribution in [-0.4, -0.2) is 50.8 Å². The molecule has 0 atom stereocenters. The Morgan fingerprint density at radius 1 is 1.22 bits per heavy atom. The van der Waals surface area contributed by atoms with Gasteiger partial charge in [0.2, 0.25) is 11.8 Å². The van der Waals surface area contributed by atoms with E-state index in [2.05, 4.69) is 22.1 Å². The number of aryl methyl sites for hydroxylation is 1. The molecule has 0 bridgehead atoms. The van der Waals surface area contributed by atoms with E-state index in [1.165, 1.54) is 16.7 Å². The highest BCUT2D eigenvalue weighted by Crippen LogP contribution is 2.25. The van der Waals surface area contributed by atoms with Crippen LogP contribution in [0.1, 0.15) is 5.56 Å². The van der Waals surface area contributed by atoms with Gasteiger partial charge in [-0.3, -0.25) is 14.2 Å². The molecule has 0 fully saturated rings. The van der Waals surface area contributed by atoms with Crippen LogP contribution in [0.5, 0.6) is 0 Å². The van der Waals surface area contributed by atoms with Crippen LogP contribution < -0.4 is 5.32 Å². The molecule has 3 rings (SSSR count). The van der Waals surface area contributed by atoms with E-state index < -0.39 is 0 Å². The number of halogens is 1. The minimum Gasteiger partial charge on any atom is -0.336 e. The molecule has 166 valence electrons. The van der Waals surface area contributed by atoms with Crippen molar-refractivity contribution in [2.45, 2.75) is 18.6 Å². The van der Waals surface area contributed by atoms with Gasteiger partial charge in [-0.05, 0) is 25.1 Å². The number of carbonyl (C=O) groups excluding carboxylic acids is 2. The zero-order valence-corrected chi connectivity index (χ0v) is 19.5. The van der Waals surface area contributed by atoms with Crippen molar-refractivity contribution in [3.63, 3.8) is 0 Å². The van der Waals surface area contributed by atoms with Crippen molar-refractivity contribution in [1.29, 1.82) is 0 Å². The molecule has 2 aromatic carbocycles. The number of carbonyl (C=O) groups is 2. The summed E-state index contributed by atoms with van der Waals surface area (Å²) in [6, 6.07) is 14.9. The van der Waals surface area contributed by atoms with Crippen molar-refractivity contribution in [1.82, 2.24) is 19.7 Å². The van der Waals surface area contributed by atoms with Gasteiger partial charge in [-0.1, -0.05) is 65.3 Å². The lowest BCUT2D eigenvalue weighted by molar-refractivity contribution is -0.131. The minimum atomic E-state index is -0.324. The summed E-state index contributed by atoms with van der Waals surface area (Å²) in [7, 11) is 1.59. The summed E-state index contributed by atoms with van der Waals surface area (Å²) >= 11 is 7.33. The Morgan fingerprint density at radius 3 is 2.72 bits per heavy atom. The molecule has 32 heavy (non-hydrogen) atoms. The maximum atomic E-state index is 12.6. The summed E-state index contributed by atoms with van der Waals surface area (Å²) in [5, 5.41) is 12.3. The second-order valence-electron chi connectivity index (χ2n) is 7.14. The number of nitrogens with zero attached hydrogens (tertiary/aromatic N) is 4. The fraction of sp³-hybridized carbons (Fsp3) is 0.217. The summed E-state index contributed by atoms with van der Waals surface area (Å²) in [6.07, 6.45) is 1.76. The first-order valence-electron chi connectivity index (χ1n) is 9.91. The Bertz CT molecular complexity index is 1130. The molecule has 7 nitrogen and oxygen atoms in total. The molecule has 2 amide bonds. The summed E-state index contributed by atoms with van der Waals surface area (Å²) in [6.45, 7) is 6.26. The van der Waals surface area contributed by atoms with E-state index >= 15 is 0 Å². The third-order valence-corrected chi connectivity index (χ3v) is 5.87. The second-order valence-corrected chi connectivity index (χ2v) is 8.49. The molecule has 9 heteroatoms. The van der Waals surface area contributed by atoms with Gasteiger partial charge in [0.15, 0.2) is 11.0 Å². The van der Waals surface area contributed by atoms with E-state index in [-0.39, 0.29) is 24.1 Å². The predicted molar refractivity (Wildman–Crippen MR) is 129 cm³/mol. The van der Waals surface area contributed by atoms with Gasteiger partial charge >= 0.3 is 0 Å². The molecule has 1 N–H and O–H groups in total. The number of allylic oxidation sites excluding steroid dienone is 1. The SMILES string of the molecule is C=CCn1c(SCC(=O)N(C)CC(=O)Nc2ccccc2Cl)nnc1-c1cccc(C)c1. The van der Waals surface area contributed by atoms with Gasteiger partial charge in [0, 0.05) is 19.2 Å². The molecule has 1 aromatic heterocycles. The zero-order valence-electron chi connectivity index (χ0n) is 17.9. The largest absolute Gasteiger partial charge is 0.336 e. The van der Waals surface area contributed by atoms with E-state index in [0.29, 0.717) is 22.4 Å². The quantitative estimate of drug-likeness (QED) is 0.373. The molecule has 0 saturated carbocycles. The first-order chi connectivity index (χ1) is 15.4. The van der Waals surface area contributed by atoms with Crippen LogP contribution in [0.15, 0.2) is 66.3 Å². The highest BCUT2D eigenvalue weighted by molar-refractivity contribution is 7.99. The number of para-hydroxylation sites is 1. The number of benzene rings is 2. The molecule has 0 radical (unpaired) electrons. The number of aromatic nitrogens is 3. The molecule has 0 aliphatic heterocycles. The molecule has 0 unspecified atom stereocenters. The van der Waals surface area contributed by atoms with Crippen LogP contribution in [0.3, 0.4) is 0 Å². The lowest BCUT2D eigenvalue weighted by atomic mass is 10.1. The molecule has 0 aliphatic rings. The number of hydrogen-bond acceptors (Lipinski definition) is 5. The summed E-state index contributed by atoms with van der Waals surface area (Å²) in [5.41, 5.74) is 2.58. The van der Waals surface area contributed by atoms with Crippen molar-refractivity contribution in [2.75, 3.05) is 24.7 Å². The highest BCUT2D eigenvalue weighted by Gasteiger charge is 2.18. The average Bonchev–Trinajstić information content (AvgIpc) is 3.16. The van der Waals surface area contributed by atoms with Crippen molar-refractivity contribution in [2.24, 2.45) is 0 Å². The normalized spacial score (nSPS) is 10.6. The summed E-state index contributed by atoms with van der Waals surface area (Å²) in [4.78, 5) is 26.2. The van der Waals surface area contributed by atoms with Gasteiger partial charge in [0.05, 0.1) is 23.0 Å². The van der Waals surface area contributed by atoms with Crippen molar-refractivity contribution < 1.29 is 9.59 Å². The van der Waals surface area contributed by atoms with Gasteiger partial charge in [0.1, 0.15) is 0 Å². The summed E-state index contributed by atoms with van der Waals surface area (Å²) < 4.78 is 1.92. The Labute approximate surface area is 196 Å². The molecule has 0 saturated heterocycles. The van der Waals surface area contributed by atoms with E-state index in [0.717, 1.165) is 17.0 Å². The van der Waals surface area contributed by atoms with Crippen molar-refractivity contribution in [3.8, 4) is 11.4 Å². The Hall–Kier alpha value is -3.10. The maximum absolute atomic E-state index is 12.6. The Morgan fingerprint density at radius 2 is 2.00 bits per heavy atom. The number of likely N-dealkylation sites (N-methyl/N-ethyl adjacent to an activating group) is 1. The van der Waals surface area contributed by atoms with E-state index in [9.17, 15) is 9.59 Å². The molecular formula is C23H24ClN5O2S. The maximum Gasteiger partial charge on any atom is 0.244 e. The fourth-order valence-electron chi connectivity index (χ4n) is 2.98. The van der Waals surface area contributed by atoms with Crippen LogP contribution in [0, 0.1) is 6.92 Å². The average molecular weight is 470 g/mol. The Kier molecular flexibility index (Phi) is 8.08. The van der Waals surface area contributed by atoms with Crippen molar-refractivity contribution >= 4 is 40.9 Å². The molecular weight excluding hydrogens is 446 g/mol. The monoisotopic (exact) mass is 469 g/mol. The molecule has 3 aromatic rings. The van der Waals surface area contributed by atoms with Crippen LogP contribution in [0.2, 0.25) is 5.02 Å². The third-order valence-electron chi connectivity index (χ3n) is 4.58. The number of thioether (sulfide) groups is 1. The lowest BCUT2D eigenvalue weighted by Gasteiger charge is -2.17. The second kappa shape index (κ2) is 11.0. The molecule has 0 spiro atoms. The van der Waals surface area contributed by atoms with E-state index in [1.807, 2.05) is 35.8 Å².